The number of nitrogens with zero attached hydrogens (tertiary/aromatic N) is 1. The maximum absolute atomic E-state index is 2.63. The quantitative estimate of drug-likeness (QED) is 0.650. The van der Waals surface area contributed by atoms with Gasteiger partial charge in [0.15, 0.2) is 0 Å². The van der Waals surface area contributed by atoms with Gasteiger partial charge in [-0.05, 0) is 36.3 Å². The summed E-state index contributed by atoms with van der Waals surface area (Å²) >= 11 is 0. The Morgan fingerprint density at radius 2 is 1.37 bits per heavy atom. The third-order valence-electron chi connectivity index (χ3n) is 3.49. The van der Waals surface area contributed by atoms with E-state index in [0.717, 1.165) is 11.8 Å². The molecule has 0 spiro atoms. The molecule has 1 aromatic rings. The van der Waals surface area contributed by atoms with Gasteiger partial charge >= 0.3 is 0 Å². The molecule has 0 amide bonds. The SMILES string of the molecule is CC(C)CN(CCC(C)c1ccccc1)CC(C)C. The van der Waals surface area contributed by atoms with Crippen LogP contribution in [0.2, 0.25) is 0 Å². The van der Waals surface area contributed by atoms with E-state index in [2.05, 4.69) is 69.9 Å². The van der Waals surface area contributed by atoms with Crippen molar-refractivity contribution in [2.24, 2.45) is 11.8 Å². The molecule has 0 saturated heterocycles. The molecule has 0 aromatic heterocycles. The number of rotatable bonds is 8. The van der Waals surface area contributed by atoms with E-state index >= 15 is 0 Å². The summed E-state index contributed by atoms with van der Waals surface area (Å²) in [7, 11) is 0. The van der Waals surface area contributed by atoms with Crippen LogP contribution in [0, 0.1) is 11.8 Å². The summed E-state index contributed by atoms with van der Waals surface area (Å²) in [5.74, 6) is 2.17. The molecule has 1 rings (SSSR count). The summed E-state index contributed by atoms with van der Waals surface area (Å²) in [5, 5.41) is 0. The van der Waals surface area contributed by atoms with E-state index < -0.39 is 0 Å². The van der Waals surface area contributed by atoms with Crippen LogP contribution in [-0.2, 0) is 0 Å². The van der Waals surface area contributed by atoms with E-state index in [9.17, 15) is 0 Å². The van der Waals surface area contributed by atoms with Crippen molar-refractivity contribution in [3.63, 3.8) is 0 Å². The first-order valence-electron chi connectivity index (χ1n) is 7.76. The lowest BCUT2D eigenvalue weighted by Gasteiger charge is -2.27. The fourth-order valence-corrected chi connectivity index (χ4v) is 2.61. The Hall–Kier alpha value is -0.820. The minimum absolute atomic E-state index is 0.656. The van der Waals surface area contributed by atoms with Gasteiger partial charge < -0.3 is 4.90 Å². The van der Waals surface area contributed by atoms with Crippen LogP contribution in [0.15, 0.2) is 30.3 Å². The normalized spacial score (nSPS) is 13.5. The maximum Gasteiger partial charge on any atom is 0.000450 e. The van der Waals surface area contributed by atoms with E-state index in [-0.39, 0.29) is 0 Å². The van der Waals surface area contributed by atoms with E-state index in [1.54, 1.807) is 0 Å². The van der Waals surface area contributed by atoms with Gasteiger partial charge in [-0.15, -0.1) is 0 Å². The highest BCUT2D eigenvalue weighted by Gasteiger charge is 2.12. The molecule has 0 N–H and O–H groups in total. The second kappa shape index (κ2) is 8.37. The zero-order valence-electron chi connectivity index (χ0n) is 13.4. The van der Waals surface area contributed by atoms with Gasteiger partial charge in [0, 0.05) is 13.1 Å². The van der Waals surface area contributed by atoms with Crippen molar-refractivity contribution in [1.82, 2.24) is 4.90 Å². The van der Waals surface area contributed by atoms with Gasteiger partial charge in [-0.1, -0.05) is 65.0 Å². The number of hydrogen-bond acceptors (Lipinski definition) is 1. The van der Waals surface area contributed by atoms with Crippen LogP contribution in [0.3, 0.4) is 0 Å². The lowest BCUT2D eigenvalue weighted by molar-refractivity contribution is 0.213. The molecule has 1 aromatic carbocycles. The van der Waals surface area contributed by atoms with Crippen molar-refractivity contribution < 1.29 is 0 Å². The molecule has 19 heavy (non-hydrogen) atoms. The minimum Gasteiger partial charge on any atom is -0.303 e. The van der Waals surface area contributed by atoms with E-state index in [4.69, 9.17) is 0 Å². The zero-order chi connectivity index (χ0) is 14.3. The van der Waals surface area contributed by atoms with Gasteiger partial charge in [-0.3, -0.25) is 0 Å². The molecule has 0 fully saturated rings. The summed E-state index contributed by atoms with van der Waals surface area (Å²) in [6.45, 7) is 15.3. The molecule has 108 valence electrons. The highest BCUT2D eigenvalue weighted by Crippen LogP contribution is 2.19. The van der Waals surface area contributed by atoms with Crippen LogP contribution in [0.4, 0.5) is 0 Å². The molecule has 1 unspecified atom stereocenters. The first-order valence-corrected chi connectivity index (χ1v) is 7.76. The van der Waals surface area contributed by atoms with Gasteiger partial charge in [0.1, 0.15) is 0 Å². The molecule has 1 nitrogen and oxygen atoms in total. The molecule has 0 saturated carbocycles. The molecular formula is C18H31N. The predicted octanol–water partition coefficient (Wildman–Crippen LogP) is 4.79. The molecule has 0 aliphatic rings. The Morgan fingerprint density at radius 3 is 1.84 bits per heavy atom. The van der Waals surface area contributed by atoms with Crippen LogP contribution in [0.25, 0.3) is 0 Å². The Bertz CT molecular complexity index is 319. The Labute approximate surface area is 120 Å². The smallest absolute Gasteiger partial charge is 0.000450 e. The third-order valence-corrected chi connectivity index (χ3v) is 3.49. The molecule has 0 aliphatic heterocycles. The maximum atomic E-state index is 2.63. The topological polar surface area (TPSA) is 3.24 Å². The molecule has 1 heteroatoms. The van der Waals surface area contributed by atoms with Gasteiger partial charge in [0.05, 0.1) is 0 Å². The lowest BCUT2D eigenvalue weighted by Crippen LogP contribution is -2.32. The van der Waals surface area contributed by atoms with Gasteiger partial charge in [-0.2, -0.15) is 0 Å². The highest BCUT2D eigenvalue weighted by molar-refractivity contribution is 5.18. The van der Waals surface area contributed by atoms with Crippen molar-refractivity contribution in [1.29, 1.82) is 0 Å². The third kappa shape index (κ3) is 6.77. The van der Waals surface area contributed by atoms with Crippen molar-refractivity contribution >= 4 is 0 Å². The molecule has 1 atom stereocenters. The molecule has 0 heterocycles. The average Bonchev–Trinajstić information content (AvgIpc) is 2.35. The van der Waals surface area contributed by atoms with Crippen LogP contribution in [0.5, 0.6) is 0 Å². The summed E-state index contributed by atoms with van der Waals surface area (Å²) in [6, 6.07) is 10.9. The summed E-state index contributed by atoms with van der Waals surface area (Å²) < 4.78 is 0. The lowest BCUT2D eigenvalue weighted by atomic mass is 9.97. The number of hydrogen-bond donors (Lipinski definition) is 0. The summed E-state index contributed by atoms with van der Waals surface area (Å²) in [4.78, 5) is 2.63. The van der Waals surface area contributed by atoms with Gasteiger partial charge in [0.2, 0.25) is 0 Å². The van der Waals surface area contributed by atoms with E-state index in [1.807, 2.05) is 0 Å². The minimum atomic E-state index is 0.656. The molecule has 0 radical (unpaired) electrons. The van der Waals surface area contributed by atoms with Gasteiger partial charge in [-0.25, -0.2) is 0 Å². The second-order valence-electron chi connectivity index (χ2n) is 6.65. The van der Waals surface area contributed by atoms with Crippen LogP contribution in [0.1, 0.15) is 52.5 Å². The molecule has 0 aliphatic carbocycles. The van der Waals surface area contributed by atoms with Crippen molar-refractivity contribution in [3.8, 4) is 0 Å². The average molecular weight is 261 g/mol. The highest BCUT2D eigenvalue weighted by atomic mass is 15.1. The fourth-order valence-electron chi connectivity index (χ4n) is 2.61. The summed E-state index contributed by atoms with van der Waals surface area (Å²) in [6.07, 6.45) is 1.25. The van der Waals surface area contributed by atoms with Crippen molar-refractivity contribution in [3.05, 3.63) is 35.9 Å². The fraction of sp³-hybridized carbons (Fsp3) is 0.667. The van der Waals surface area contributed by atoms with Crippen LogP contribution >= 0.6 is 0 Å². The van der Waals surface area contributed by atoms with E-state index in [0.29, 0.717) is 5.92 Å². The summed E-state index contributed by atoms with van der Waals surface area (Å²) in [5.41, 5.74) is 1.47. The largest absolute Gasteiger partial charge is 0.303 e. The predicted molar refractivity (Wildman–Crippen MR) is 85.6 cm³/mol. The Kier molecular flexibility index (Phi) is 7.15. The Balaban J connectivity index is 2.46. The second-order valence-corrected chi connectivity index (χ2v) is 6.65. The first-order chi connectivity index (χ1) is 8.99. The number of benzene rings is 1. The first kappa shape index (κ1) is 16.2. The van der Waals surface area contributed by atoms with Gasteiger partial charge in [0.25, 0.3) is 0 Å². The standard InChI is InChI=1S/C18H31N/c1-15(2)13-19(14-16(3)4)12-11-17(5)18-9-7-6-8-10-18/h6-10,15-17H,11-14H2,1-5H3. The van der Waals surface area contributed by atoms with Crippen molar-refractivity contribution in [2.45, 2.75) is 47.0 Å². The van der Waals surface area contributed by atoms with Crippen LogP contribution < -0.4 is 0 Å². The van der Waals surface area contributed by atoms with Crippen molar-refractivity contribution in [2.75, 3.05) is 19.6 Å². The Morgan fingerprint density at radius 1 is 0.842 bits per heavy atom. The molecular weight excluding hydrogens is 230 g/mol. The molecule has 0 bridgehead atoms. The monoisotopic (exact) mass is 261 g/mol. The zero-order valence-corrected chi connectivity index (χ0v) is 13.4. The van der Waals surface area contributed by atoms with Crippen LogP contribution in [-0.4, -0.2) is 24.5 Å². The van der Waals surface area contributed by atoms with E-state index in [1.165, 1.54) is 31.6 Å².